The minimum Gasteiger partial charge on any atom is -0.335 e. The molecule has 0 spiro atoms. The average molecular weight is 306 g/mol. The summed E-state index contributed by atoms with van der Waals surface area (Å²) >= 11 is 1.46. The van der Waals surface area contributed by atoms with Gasteiger partial charge in [0, 0.05) is 30.0 Å². The number of amides is 1. The maximum atomic E-state index is 12.6. The number of rotatable bonds is 3. The van der Waals surface area contributed by atoms with E-state index in [0.717, 1.165) is 43.7 Å². The minimum absolute atomic E-state index is 0.235. The summed E-state index contributed by atoms with van der Waals surface area (Å²) in [5.74, 6) is 0.676. The van der Waals surface area contributed by atoms with Crippen molar-refractivity contribution in [2.24, 2.45) is 0 Å². The van der Waals surface area contributed by atoms with E-state index in [2.05, 4.69) is 20.2 Å². The van der Waals surface area contributed by atoms with E-state index < -0.39 is 0 Å². The Morgan fingerprint density at radius 2 is 2.00 bits per heavy atom. The van der Waals surface area contributed by atoms with Gasteiger partial charge in [-0.15, -0.1) is 0 Å². The fourth-order valence-electron chi connectivity index (χ4n) is 3.35. The van der Waals surface area contributed by atoms with Crippen LogP contribution >= 0.6 is 11.8 Å². The first kappa shape index (κ1) is 14.8. The Morgan fingerprint density at radius 3 is 2.76 bits per heavy atom. The minimum atomic E-state index is 0.235. The number of carbonyl (C=O) groups is 1. The lowest BCUT2D eigenvalue weighted by Crippen LogP contribution is -2.43. The van der Waals surface area contributed by atoms with Crippen LogP contribution in [0.3, 0.4) is 0 Å². The number of aryl methyl sites for hydroxylation is 2. The van der Waals surface area contributed by atoms with E-state index in [1.54, 1.807) is 0 Å². The van der Waals surface area contributed by atoms with Gasteiger partial charge in [-0.05, 0) is 45.7 Å². The van der Waals surface area contributed by atoms with Crippen LogP contribution in [0.15, 0.2) is 11.2 Å². The predicted molar refractivity (Wildman–Crippen MR) is 83.4 cm³/mol. The van der Waals surface area contributed by atoms with Gasteiger partial charge in [0.25, 0.3) is 0 Å². The molecule has 114 valence electrons. The zero-order chi connectivity index (χ0) is 14.8. The molecule has 1 N–H and O–H groups in total. The van der Waals surface area contributed by atoms with Crippen LogP contribution in [0.25, 0.3) is 0 Å². The lowest BCUT2D eigenvalue weighted by Gasteiger charge is -2.27. The van der Waals surface area contributed by atoms with E-state index in [4.69, 9.17) is 0 Å². The molecule has 0 aliphatic carbocycles. The standard InChI is InChI=1S/C15H22N4OS/c1-10-7-11(2)18-15(17-10)21-9-14(20)19-12-3-4-13(19)8-16-6-5-12/h7,12-13,16H,3-6,8-9H2,1-2H3. The van der Waals surface area contributed by atoms with Crippen LogP contribution in [-0.2, 0) is 4.79 Å². The largest absolute Gasteiger partial charge is 0.335 e. The number of carbonyl (C=O) groups excluding carboxylic acids is 1. The van der Waals surface area contributed by atoms with Crippen LogP contribution in [0, 0.1) is 13.8 Å². The van der Waals surface area contributed by atoms with Gasteiger partial charge in [-0.25, -0.2) is 9.97 Å². The number of nitrogens with one attached hydrogen (secondary N) is 1. The van der Waals surface area contributed by atoms with Crippen molar-refractivity contribution < 1.29 is 4.79 Å². The molecule has 2 unspecified atom stereocenters. The zero-order valence-corrected chi connectivity index (χ0v) is 13.4. The summed E-state index contributed by atoms with van der Waals surface area (Å²) in [7, 11) is 0. The molecule has 0 aromatic carbocycles. The number of hydrogen-bond donors (Lipinski definition) is 1. The average Bonchev–Trinajstić information content (AvgIpc) is 2.68. The number of hydrogen-bond acceptors (Lipinski definition) is 5. The summed E-state index contributed by atoms with van der Waals surface area (Å²) in [5.41, 5.74) is 1.91. The maximum Gasteiger partial charge on any atom is 0.233 e. The first-order valence-corrected chi connectivity index (χ1v) is 8.59. The summed E-state index contributed by atoms with van der Waals surface area (Å²) in [5, 5.41) is 4.14. The molecular formula is C15H22N4OS. The van der Waals surface area contributed by atoms with Crippen molar-refractivity contribution in [2.75, 3.05) is 18.8 Å². The van der Waals surface area contributed by atoms with Crippen molar-refractivity contribution in [1.82, 2.24) is 20.2 Å². The van der Waals surface area contributed by atoms with E-state index in [1.165, 1.54) is 11.8 Å². The quantitative estimate of drug-likeness (QED) is 0.678. The Morgan fingerprint density at radius 1 is 1.29 bits per heavy atom. The van der Waals surface area contributed by atoms with Gasteiger partial charge < -0.3 is 10.2 Å². The topological polar surface area (TPSA) is 58.1 Å². The monoisotopic (exact) mass is 306 g/mol. The molecule has 2 aliphatic rings. The molecule has 3 heterocycles. The Labute approximate surface area is 129 Å². The number of fused-ring (bicyclic) bond motifs is 2. The Hall–Kier alpha value is -1.14. The van der Waals surface area contributed by atoms with Crippen molar-refractivity contribution in [1.29, 1.82) is 0 Å². The van der Waals surface area contributed by atoms with Crippen molar-refractivity contribution in [3.8, 4) is 0 Å². The molecule has 1 aromatic heterocycles. The second-order valence-electron chi connectivity index (χ2n) is 5.90. The molecule has 3 rings (SSSR count). The van der Waals surface area contributed by atoms with Gasteiger partial charge in [0.05, 0.1) is 5.75 Å². The number of aromatic nitrogens is 2. The van der Waals surface area contributed by atoms with E-state index in [1.807, 2.05) is 19.9 Å². The smallest absolute Gasteiger partial charge is 0.233 e. The fourth-order valence-corrected chi connectivity index (χ4v) is 4.17. The lowest BCUT2D eigenvalue weighted by molar-refractivity contribution is -0.130. The summed E-state index contributed by atoms with van der Waals surface area (Å²) < 4.78 is 0. The summed E-state index contributed by atoms with van der Waals surface area (Å²) in [6.07, 6.45) is 3.36. The molecule has 2 atom stereocenters. The van der Waals surface area contributed by atoms with Crippen LogP contribution in [0.2, 0.25) is 0 Å². The zero-order valence-electron chi connectivity index (χ0n) is 12.6. The molecule has 2 aliphatic heterocycles. The molecule has 21 heavy (non-hydrogen) atoms. The third kappa shape index (κ3) is 3.37. The predicted octanol–water partition coefficient (Wildman–Crippen LogP) is 1.54. The second-order valence-corrected chi connectivity index (χ2v) is 6.84. The third-order valence-electron chi connectivity index (χ3n) is 4.23. The Kier molecular flexibility index (Phi) is 4.45. The molecule has 5 nitrogen and oxygen atoms in total. The summed E-state index contributed by atoms with van der Waals surface area (Å²) in [4.78, 5) is 23.5. The normalized spacial score (nSPS) is 25.0. The van der Waals surface area contributed by atoms with Gasteiger partial charge in [0.1, 0.15) is 0 Å². The van der Waals surface area contributed by atoms with E-state index in [-0.39, 0.29) is 5.91 Å². The van der Waals surface area contributed by atoms with Gasteiger partial charge in [0.15, 0.2) is 5.16 Å². The van der Waals surface area contributed by atoms with E-state index in [9.17, 15) is 4.79 Å². The highest BCUT2D eigenvalue weighted by Crippen LogP contribution is 2.29. The van der Waals surface area contributed by atoms with Crippen LogP contribution in [0.5, 0.6) is 0 Å². The summed E-state index contributed by atoms with van der Waals surface area (Å²) in [6, 6.07) is 2.76. The molecule has 0 saturated carbocycles. The molecule has 2 saturated heterocycles. The molecule has 2 bridgehead atoms. The van der Waals surface area contributed by atoms with E-state index in [0.29, 0.717) is 23.0 Å². The van der Waals surface area contributed by atoms with Gasteiger partial charge in [-0.3, -0.25) is 4.79 Å². The maximum absolute atomic E-state index is 12.6. The van der Waals surface area contributed by atoms with Gasteiger partial charge in [-0.1, -0.05) is 11.8 Å². The Balaban J connectivity index is 1.63. The van der Waals surface area contributed by atoms with Crippen molar-refractivity contribution in [3.63, 3.8) is 0 Å². The highest BCUT2D eigenvalue weighted by molar-refractivity contribution is 7.99. The second kappa shape index (κ2) is 6.32. The summed E-state index contributed by atoms with van der Waals surface area (Å²) in [6.45, 7) is 5.88. The van der Waals surface area contributed by atoms with E-state index >= 15 is 0 Å². The highest BCUT2D eigenvalue weighted by atomic mass is 32.2. The number of thioether (sulfide) groups is 1. The number of nitrogens with zero attached hydrogens (tertiary/aromatic N) is 3. The van der Waals surface area contributed by atoms with Gasteiger partial charge in [-0.2, -0.15) is 0 Å². The van der Waals surface area contributed by atoms with Crippen LogP contribution < -0.4 is 5.32 Å². The molecule has 2 fully saturated rings. The first-order valence-electron chi connectivity index (χ1n) is 7.60. The van der Waals surface area contributed by atoms with Gasteiger partial charge >= 0.3 is 0 Å². The van der Waals surface area contributed by atoms with Crippen LogP contribution in [0.1, 0.15) is 30.7 Å². The van der Waals surface area contributed by atoms with Gasteiger partial charge in [0.2, 0.25) is 5.91 Å². The highest BCUT2D eigenvalue weighted by Gasteiger charge is 2.37. The SMILES string of the molecule is Cc1cc(C)nc(SCC(=O)N2C3CCNCC2CC3)n1. The lowest BCUT2D eigenvalue weighted by atomic mass is 10.1. The molecule has 1 amide bonds. The third-order valence-corrected chi connectivity index (χ3v) is 5.06. The fraction of sp³-hybridized carbons (Fsp3) is 0.667. The molecule has 6 heteroatoms. The van der Waals surface area contributed by atoms with Crippen LogP contribution in [-0.4, -0.2) is 51.7 Å². The van der Waals surface area contributed by atoms with Crippen molar-refractivity contribution >= 4 is 17.7 Å². The van der Waals surface area contributed by atoms with Crippen molar-refractivity contribution in [2.45, 2.75) is 50.4 Å². The van der Waals surface area contributed by atoms with Crippen molar-refractivity contribution in [3.05, 3.63) is 17.5 Å². The Bertz CT molecular complexity index is 502. The molecule has 0 radical (unpaired) electrons. The molecular weight excluding hydrogens is 284 g/mol. The van der Waals surface area contributed by atoms with Crippen LogP contribution in [0.4, 0.5) is 0 Å². The molecule has 1 aromatic rings. The first-order chi connectivity index (χ1) is 10.1.